The number of hydrogen-bond acceptors (Lipinski definition) is 1. The maximum atomic E-state index is 6.07. The summed E-state index contributed by atoms with van der Waals surface area (Å²) in [4.78, 5) is 0. The smallest absolute Gasteiger partial charge is 0.0608 e. The van der Waals surface area contributed by atoms with Gasteiger partial charge < -0.3 is 4.74 Å². The molecule has 0 aromatic carbocycles. The summed E-state index contributed by atoms with van der Waals surface area (Å²) in [6.45, 7) is 10.3. The van der Waals surface area contributed by atoms with Crippen molar-refractivity contribution in [1.29, 1.82) is 0 Å². The van der Waals surface area contributed by atoms with Crippen LogP contribution in [0.1, 0.15) is 59.8 Å². The van der Waals surface area contributed by atoms with E-state index < -0.39 is 0 Å². The van der Waals surface area contributed by atoms with Gasteiger partial charge in [0.05, 0.1) is 6.10 Å². The number of unbranched alkanes of at least 4 members (excludes halogenated alkanes) is 1. The Morgan fingerprint density at radius 1 is 1.27 bits per heavy atom. The van der Waals surface area contributed by atoms with Crippen molar-refractivity contribution in [3.05, 3.63) is 0 Å². The number of rotatable bonds is 5. The molecule has 1 rings (SSSR count). The van der Waals surface area contributed by atoms with Gasteiger partial charge in [0.15, 0.2) is 0 Å². The van der Waals surface area contributed by atoms with Crippen molar-refractivity contribution in [2.24, 2.45) is 17.8 Å². The predicted octanol–water partition coefficient (Wildman–Crippen LogP) is 4.26. The van der Waals surface area contributed by atoms with E-state index in [1.54, 1.807) is 0 Å². The first-order valence-corrected chi connectivity index (χ1v) is 6.76. The Kier molecular flexibility index (Phi) is 5.66. The average Bonchev–Trinajstić information content (AvgIpc) is 2.18. The molecule has 15 heavy (non-hydrogen) atoms. The summed E-state index contributed by atoms with van der Waals surface area (Å²) < 4.78 is 6.07. The molecule has 1 heteroatoms. The van der Waals surface area contributed by atoms with Gasteiger partial charge in [-0.2, -0.15) is 0 Å². The summed E-state index contributed by atoms with van der Waals surface area (Å²) in [7, 11) is 0. The van der Waals surface area contributed by atoms with Crippen LogP contribution in [0.25, 0.3) is 0 Å². The second-order valence-electron chi connectivity index (χ2n) is 5.59. The van der Waals surface area contributed by atoms with Crippen molar-refractivity contribution in [1.82, 2.24) is 0 Å². The van der Waals surface area contributed by atoms with Crippen LogP contribution in [0.4, 0.5) is 0 Å². The lowest BCUT2D eigenvalue weighted by atomic mass is 9.75. The lowest BCUT2D eigenvalue weighted by molar-refractivity contribution is -0.0390. The first-order valence-electron chi connectivity index (χ1n) is 6.76. The van der Waals surface area contributed by atoms with Crippen molar-refractivity contribution in [3.8, 4) is 0 Å². The van der Waals surface area contributed by atoms with Crippen LogP contribution in [0.5, 0.6) is 0 Å². The molecule has 1 nitrogen and oxygen atoms in total. The molecule has 1 aliphatic carbocycles. The Labute approximate surface area is 95.6 Å². The highest BCUT2D eigenvalue weighted by Gasteiger charge is 2.30. The van der Waals surface area contributed by atoms with Crippen LogP contribution in [0.15, 0.2) is 0 Å². The van der Waals surface area contributed by atoms with Crippen molar-refractivity contribution in [2.45, 2.75) is 65.9 Å². The van der Waals surface area contributed by atoms with Crippen molar-refractivity contribution in [2.75, 3.05) is 6.61 Å². The molecule has 3 atom stereocenters. The Hall–Kier alpha value is -0.0400. The molecule has 0 saturated heterocycles. The van der Waals surface area contributed by atoms with Gasteiger partial charge >= 0.3 is 0 Å². The third-order valence-electron chi connectivity index (χ3n) is 3.79. The molecule has 1 fully saturated rings. The lowest BCUT2D eigenvalue weighted by Gasteiger charge is -2.37. The lowest BCUT2D eigenvalue weighted by Crippen LogP contribution is -2.34. The van der Waals surface area contributed by atoms with E-state index in [-0.39, 0.29) is 0 Å². The highest BCUT2D eigenvalue weighted by Crippen LogP contribution is 2.35. The van der Waals surface area contributed by atoms with E-state index in [0.717, 1.165) is 24.4 Å². The van der Waals surface area contributed by atoms with Crippen LogP contribution in [0.3, 0.4) is 0 Å². The minimum atomic E-state index is 0.542. The third-order valence-corrected chi connectivity index (χ3v) is 3.79. The van der Waals surface area contributed by atoms with Crippen LogP contribution in [0, 0.1) is 17.8 Å². The average molecular weight is 212 g/mol. The van der Waals surface area contributed by atoms with Crippen molar-refractivity contribution < 1.29 is 4.74 Å². The van der Waals surface area contributed by atoms with Crippen LogP contribution in [-0.2, 0) is 4.74 Å². The van der Waals surface area contributed by atoms with Gasteiger partial charge in [-0.1, -0.05) is 40.5 Å². The Balaban J connectivity index is 2.39. The zero-order valence-corrected chi connectivity index (χ0v) is 11.0. The highest BCUT2D eigenvalue weighted by atomic mass is 16.5. The van der Waals surface area contributed by atoms with Gasteiger partial charge in [-0.3, -0.25) is 0 Å². The molecule has 1 aliphatic rings. The summed E-state index contributed by atoms with van der Waals surface area (Å²) in [5.41, 5.74) is 0. The summed E-state index contributed by atoms with van der Waals surface area (Å²) in [5, 5.41) is 0. The minimum absolute atomic E-state index is 0.542. The van der Waals surface area contributed by atoms with Crippen LogP contribution >= 0.6 is 0 Å². The molecule has 0 spiro atoms. The number of hydrogen-bond donors (Lipinski definition) is 0. The number of ether oxygens (including phenoxy) is 1. The molecule has 0 bridgehead atoms. The first kappa shape index (κ1) is 13.0. The highest BCUT2D eigenvalue weighted by molar-refractivity contribution is 4.81. The van der Waals surface area contributed by atoms with Gasteiger partial charge in [-0.15, -0.1) is 0 Å². The van der Waals surface area contributed by atoms with E-state index in [1.165, 1.54) is 32.1 Å². The SMILES string of the molecule is CCCCO[C@@H]1C[C@H](C)CC[C@H]1C(C)C. The molecule has 0 aromatic heterocycles. The van der Waals surface area contributed by atoms with Gasteiger partial charge in [0, 0.05) is 6.61 Å². The van der Waals surface area contributed by atoms with E-state index in [2.05, 4.69) is 27.7 Å². The summed E-state index contributed by atoms with van der Waals surface area (Å²) in [6, 6.07) is 0. The molecule has 0 unspecified atom stereocenters. The fraction of sp³-hybridized carbons (Fsp3) is 1.00. The maximum Gasteiger partial charge on any atom is 0.0608 e. The molecule has 1 saturated carbocycles. The first-order chi connectivity index (χ1) is 7.15. The monoisotopic (exact) mass is 212 g/mol. The maximum absolute atomic E-state index is 6.07. The van der Waals surface area contributed by atoms with Gasteiger partial charge in [0.2, 0.25) is 0 Å². The largest absolute Gasteiger partial charge is 0.378 e. The second kappa shape index (κ2) is 6.52. The van der Waals surface area contributed by atoms with E-state index in [1.807, 2.05) is 0 Å². The summed E-state index contributed by atoms with van der Waals surface area (Å²) in [6.07, 6.45) is 7.06. The van der Waals surface area contributed by atoms with Crippen LogP contribution < -0.4 is 0 Å². The molecule has 90 valence electrons. The molecular weight excluding hydrogens is 184 g/mol. The fourth-order valence-corrected chi connectivity index (χ4v) is 2.69. The zero-order chi connectivity index (χ0) is 11.3. The second-order valence-corrected chi connectivity index (χ2v) is 5.59. The quantitative estimate of drug-likeness (QED) is 0.619. The Bertz CT molecular complexity index is 165. The van der Waals surface area contributed by atoms with Gasteiger partial charge in [-0.05, 0) is 37.0 Å². The molecular formula is C14H28O. The van der Waals surface area contributed by atoms with Crippen molar-refractivity contribution in [3.63, 3.8) is 0 Å². The molecule has 0 N–H and O–H groups in total. The topological polar surface area (TPSA) is 9.23 Å². The summed E-state index contributed by atoms with van der Waals surface area (Å²) >= 11 is 0. The predicted molar refractivity (Wildman–Crippen MR) is 66.0 cm³/mol. The molecule has 0 aliphatic heterocycles. The Morgan fingerprint density at radius 2 is 2.00 bits per heavy atom. The molecule has 0 aromatic rings. The van der Waals surface area contributed by atoms with Gasteiger partial charge in [0.1, 0.15) is 0 Å². The van der Waals surface area contributed by atoms with Gasteiger partial charge in [-0.25, -0.2) is 0 Å². The van der Waals surface area contributed by atoms with Crippen LogP contribution in [-0.4, -0.2) is 12.7 Å². The van der Waals surface area contributed by atoms with E-state index in [4.69, 9.17) is 4.74 Å². The van der Waals surface area contributed by atoms with Crippen molar-refractivity contribution >= 4 is 0 Å². The summed E-state index contributed by atoms with van der Waals surface area (Å²) in [5.74, 6) is 2.45. The van der Waals surface area contributed by atoms with Gasteiger partial charge in [0.25, 0.3) is 0 Å². The molecule has 0 heterocycles. The van der Waals surface area contributed by atoms with Crippen LogP contribution in [0.2, 0.25) is 0 Å². The Morgan fingerprint density at radius 3 is 2.60 bits per heavy atom. The van der Waals surface area contributed by atoms with E-state index >= 15 is 0 Å². The molecule has 0 amide bonds. The third kappa shape index (κ3) is 4.14. The zero-order valence-electron chi connectivity index (χ0n) is 11.0. The van der Waals surface area contributed by atoms with E-state index in [9.17, 15) is 0 Å². The molecule has 0 radical (unpaired) electrons. The normalized spacial score (nSPS) is 32.2. The van der Waals surface area contributed by atoms with E-state index in [0.29, 0.717) is 6.10 Å². The standard InChI is InChI=1S/C14H28O/c1-5-6-9-15-14-10-12(4)7-8-13(14)11(2)3/h11-14H,5-10H2,1-4H3/t12-,13+,14-/m1/s1. The fourth-order valence-electron chi connectivity index (χ4n) is 2.69. The minimum Gasteiger partial charge on any atom is -0.378 e.